The molecule has 0 unspecified atom stereocenters. The van der Waals surface area contributed by atoms with Crippen molar-refractivity contribution in [2.75, 3.05) is 6.54 Å². The van der Waals surface area contributed by atoms with E-state index in [0.29, 0.717) is 10.6 Å². The fourth-order valence-electron chi connectivity index (χ4n) is 1.13. The summed E-state index contributed by atoms with van der Waals surface area (Å²) in [5, 5.41) is 1.23. The molecule has 0 atom stereocenters. The highest BCUT2D eigenvalue weighted by Gasteiger charge is 2.19. The molecule has 1 aromatic carbocycles. The molecule has 17 heavy (non-hydrogen) atoms. The van der Waals surface area contributed by atoms with Crippen LogP contribution in [0.3, 0.4) is 0 Å². The quantitative estimate of drug-likeness (QED) is 0.631. The van der Waals surface area contributed by atoms with Crippen LogP contribution in [-0.2, 0) is 0 Å². The van der Waals surface area contributed by atoms with Gasteiger partial charge in [-0.15, -0.1) is 6.58 Å². The molecule has 0 bridgehead atoms. The number of halogens is 1. The number of amides is 3. The summed E-state index contributed by atoms with van der Waals surface area (Å²) in [6, 6.07) is 5.25. The third-order valence-electron chi connectivity index (χ3n) is 1.91. The zero-order chi connectivity index (χ0) is 12.8. The van der Waals surface area contributed by atoms with Crippen molar-refractivity contribution in [2.45, 2.75) is 0 Å². The molecule has 0 heterocycles. The monoisotopic (exact) mass is 253 g/mol. The van der Waals surface area contributed by atoms with Gasteiger partial charge in [0.1, 0.15) is 0 Å². The second kappa shape index (κ2) is 6.03. The van der Waals surface area contributed by atoms with E-state index >= 15 is 0 Å². The fraction of sp³-hybridized carbons (Fsp3) is 0.0909. The number of urea groups is 1. The Morgan fingerprint density at radius 2 is 2.00 bits per heavy atom. The molecule has 0 aliphatic rings. The number of hydrogen-bond acceptors (Lipinski definition) is 3. The van der Waals surface area contributed by atoms with Gasteiger partial charge in [-0.25, -0.2) is 10.2 Å². The third kappa shape index (κ3) is 3.58. The predicted molar refractivity (Wildman–Crippen MR) is 65.4 cm³/mol. The largest absolute Gasteiger partial charge is 0.350 e. The summed E-state index contributed by atoms with van der Waals surface area (Å²) in [5.41, 5.74) is 7.94. The van der Waals surface area contributed by atoms with Crippen LogP contribution in [-0.4, -0.2) is 23.5 Å². The second-order valence-corrected chi connectivity index (χ2v) is 3.57. The van der Waals surface area contributed by atoms with E-state index in [9.17, 15) is 9.59 Å². The maximum absolute atomic E-state index is 11.9. The van der Waals surface area contributed by atoms with Gasteiger partial charge in [-0.1, -0.05) is 17.7 Å². The van der Waals surface area contributed by atoms with Crippen molar-refractivity contribution < 1.29 is 9.59 Å². The number of nitrogens with one attached hydrogen (secondary N) is 1. The van der Waals surface area contributed by atoms with Crippen molar-refractivity contribution in [3.63, 3.8) is 0 Å². The standard InChI is InChI=1S/C11H12ClN3O2/c1-2-7-14-15(11(13)17)10(16)8-3-5-9(12)6-4-8/h2-6,14H,1,7H2,(H2,13,17). The number of carbonyl (C=O) groups is 2. The molecule has 3 amide bonds. The number of carbonyl (C=O) groups excluding carboxylic acids is 2. The van der Waals surface area contributed by atoms with Gasteiger partial charge >= 0.3 is 6.03 Å². The van der Waals surface area contributed by atoms with E-state index in [1.165, 1.54) is 18.2 Å². The highest BCUT2D eigenvalue weighted by molar-refractivity contribution is 6.30. The molecule has 5 nitrogen and oxygen atoms in total. The molecule has 0 aromatic heterocycles. The Balaban J connectivity index is 2.87. The molecule has 0 saturated heterocycles. The lowest BCUT2D eigenvalue weighted by molar-refractivity contribution is 0.0745. The molecule has 0 aliphatic carbocycles. The molecule has 6 heteroatoms. The average molecular weight is 254 g/mol. The van der Waals surface area contributed by atoms with Crippen molar-refractivity contribution in [1.82, 2.24) is 10.4 Å². The summed E-state index contributed by atoms with van der Waals surface area (Å²) >= 11 is 5.70. The third-order valence-corrected chi connectivity index (χ3v) is 2.16. The summed E-state index contributed by atoms with van der Waals surface area (Å²) in [5.74, 6) is -0.545. The van der Waals surface area contributed by atoms with Crippen LogP contribution in [0.15, 0.2) is 36.9 Å². The van der Waals surface area contributed by atoms with Crippen molar-refractivity contribution >= 4 is 23.5 Å². The number of rotatable bonds is 4. The Morgan fingerprint density at radius 1 is 1.41 bits per heavy atom. The Labute approximate surface area is 104 Å². The first-order valence-corrected chi connectivity index (χ1v) is 5.18. The van der Waals surface area contributed by atoms with E-state index < -0.39 is 11.9 Å². The Morgan fingerprint density at radius 3 is 2.47 bits per heavy atom. The molecule has 0 saturated carbocycles. The average Bonchev–Trinajstić information content (AvgIpc) is 2.29. The molecule has 1 rings (SSSR count). The molecular formula is C11H12ClN3O2. The van der Waals surface area contributed by atoms with Crippen LogP contribution in [0.4, 0.5) is 4.79 Å². The van der Waals surface area contributed by atoms with E-state index in [0.717, 1.165) is 5.01 Å². The number of hydrogen-bond donors (Lipinski definition) is 2. The molecule has 0 fully saturated rings. The van der Waals surface area contributed by atoms with Crippen LogP contribution < -0.4 is 11.2 Å². The number of nitrogens with two attached hydrogens (primary N) is 1. The van der Waals surface area contributed by atoms with E-state index in [4.69, 9.17) is 17.3 Å². The van der Waals surface area contributed by atoms with Gasteiger partial charge < -0.3 is 5.73 Å². The molecule has 3 N–H and O–H groups in total. The second-order valence-electron chi connectivity index (χ2n) is 3.14. The van der Waals surface area contributed by atoms with Crippen molar-refractivity contribution in [1.29, 1.82) is 0 Å². The molecule has 1 aromatic rings. The first-order chi connectivity index (χ1) is 8.06. The minimum absolute atomic E-state index is 0.252. The number of imide groups is 1. The van der Waals surface area contributed by atoms with Gasteiger partial charge in [0.25, 0.3) is 5.91 Å². The summed E-state index contributed by atoms with van der Waals surface area (Å²) in [7, 11) is 0. The van der Waals surface area contributed by atoms with Gasteiger partial charge in [-0.2, -0.15) is 5.01 Å². The van der Waals surface area contributed by atoms with Crippen molar-refractivity contribution in [3.8, 4) is 0 Å². The topological polar surface area (TPSA) is 75.4 Å². The Hall–Kier alpha value is -1.85. The van der Waals surface area contributed by atoms with E-state index in [2.05, 4.69) is 12.0 Å². The summed E-state index contributed by atoms with van der Waals surface area (Å²) in [4.78, 5) is 23.0. The van der Waals surface area contributed by atoms with E-state index in [1.54, 1.807) is 12.1 Å². The van der Waals surface area contributed by atoms with Crippen LogP contribution >= 0.6 is 11.6 Å². The van der Waals surface area contributed by atoms with Crippen molar-refractivity contribution in [2.24, 2.45) is 5.73 Å². The first-order valence-electron chi connectivity index (χ1n) is 4.80. The maximum Gasteiger partial charge on any atom is 0.336 e. The van der Waals surface area contributed by atoms with Crippen LogP contribution in [0.5, 0.6) is 0 Å². The van der Waals surface area contributed by atoms with Crippen molar-refractivity contribution in [3.05, 3.63) is 47.5 Å². The number of nitrogens with zero attached hydrogens (tertiary/aromatic N) is 1. The van der Waals surface area contributed by atoms with Gasteiger partial charge in [-0.05, 0) is 24.3 Å². The van der Waals surface area contributed by atoms with E-state index in [-0.39, 0.29) is 6.54 Å². The van der Waals surface area contributed by atoms with Gasteiger partial charge in [0.2, 0.25) is 0 Å². The zero-order valence-electron chi connectivity index (χ0n) is 9.02. The Kier molecular flexibility index (Phi) is 4.68. The van der Waals surface area contributed by atoms with E-state index in [1.807, 2.05) is 0 Å². The lowest BCUT2D eigenvalue weighted by Gasteiger charge is -2.18. The summed E-state index contributed by atoms with van der Waals surface area (Å²) in [6.45, 7) is 3.72. The Bertz CT molecular complexity index is 431. The summed E-state index contributed by atoms with van der Waals surface area (Å²) in [6.07, 6.45) is 1.51. The van der Waals surface area contributed by atoms with Crippen LogP contribution in [0, 0.1) is 0 Å². The minimum atomic E-state index is -0.883. The highest BCUT2D eigenvalue weighted by Crippen LogP contribution is 2.10. The lowest BCUT2D eigenvalue weighted by Crippen LogP contribution is -2.49. The first kappa shape index (κ1) is 13.2. The number of primary amides is 1. The summed E-state index contributed by atoms with van der Waals surface area (Å²) < 4.78 is 0. The fourth-order valence-corrected chi connectivity index (χ4v) is 1.25. The van der Waals surface area contributed by atoms with Gasteiger partial charge in [0.05, 0.1) is 0 Å². The lowest BCUT2D eigenvalue weighted by atomic mass is 10.2. The van der Waals surface area contributed by atoms with Gasteiger partial charge in [-0.3, -0.25) is 4.79 Å². The van der Waals surface area contributed by atoms with Crippen LogP contribution in [0.25, 0.3) is 0 Å². The van der Waals surface area contributed by atoms with Gasteiger partial charge in [0, 0.05) is 17.1 Å². The number of benzene rings is 1. The minimum Gasteiger partial charge on any atom is -0.350 e. The maximum atomic E-state index is 11.9. The smallest absolute Gasteiger partial charge is 0.336 e. The molecule has 0 radical (unpaired) electrons. The molecule has 0 aliphatic heterocycles. The normalized spacial score (nSPS) is 9.71. The SMILES string of the molecule is C=CCNN(C(N)=O)C(=O)c1ccc(Cl)cc1. The molecule has 0 spiro atoms. The van der Waals surface area contributed by atoms with Crippen LogP contribution in [0.1, 0.15) is 10.4 Å². The highest BCUT2D eigenvalue weighted by atomic mass is 35.5. The molecule has 90 valence electrons. The zero-order valence-corrected chi connectivity index (χ0v) is 9.78. The molecular weight excluding hydrogens is 242 g/mol. The predicted octanol–water partition coefficient (Wildman–Crippen LogP) is 1.55. The van der Waals surface area contributed by atoms with Crippen LogP contribution in [0.2, 0.25) is 5.02 Å². The van der Waals surface area contributed by atoms with Gasteiger partial charge in [0.15, 0.2) is 0 Å². The number of hydrazine groups is 1.